The van der Waals surface area contributed by atoms with Crippen LogP contribution in [0, 0.1) is 17.7 Å². The summed E-state index contributed by atoms with van der Waals surface area (Å²) < 4.78 is 30.8. The molecular formula is C24H16F2N6OPt. The van der Waals surface area contributed by atoms with E-state index in [0.29, 0.717) is 5.88 Å². The number of hydrogen-bond acceptors (Lipinski definition) is 6. The summed E-state index contributed by atoms with van der Waals surface area (Å²) in [6.45, 7) is 0. The predicted molar refractivity (Wildman–Crippen MR) is 117 cm³/mol. The van der Waals surface area contributed by atoms with E-state index in [4.69, 9.17) is 4.74 Å². The zero-order valence-electron chi connectivity index (χ0n) is 17.7. The average Bonchev–Trinajstić information content (AvgIpc) is 3.36. The van der Waals surface area contributed by atoms with Gasteiger partial charge in [-0.25, -0.2) is 0 Å². The minimum absolute atomic E-state index is 0. The molecule has 0 N–H and O–H groups in total. The molecule has 10 heteroatoms. The van der Waals surface area contributed by atoms with Gasteiger partial charge in [0.25, 0.3) is 0 Å². The second-order valence-corrected chi connectivity index (χ2v) is 6.57. The molecule has 0 amide bonds. The number of benzene rings is 1. The largest absolute Gasteiger partial charge is 2.00 e. The molecule has 0 spiro atoms. The van der Waals surface area contributed by atoms with Crippen molar-refractivity contribution in [1.82, 2.24) is 30.4 Å². The summed E-state index contributed by atoms with van der Waals surface area (Å²) in [4.78, 5) is 8.22. The van der Waals surface area contributed by atoms with Crippen molar-refractivity contribution in [2.45, 2.75) is 0 Å². The molecule has 0 saturated heterocycles. The van der Waals surface area contributed by atoms with E-state index in [9.17, 15) is 8.78 Å². The van der Waals surface area contributed by atoms with Gasteiger partial charge in [-0.1, -0.05) is 29.5 Å². The minimum Gasteiger partial charge on any atom is -0.573 e. The first-order valence-electron chi connectivity index (χ1n) is 9.71. The summed E-state index contributed by atoms with van der Waals surface area (Å²) in [7, 11) is 1.45. The first-order valence-corrected chi connectivity index (χ1v) is 9.71. The minimum atomic E-state index is -0.723. The second-order valence-electron chi connectivity index (χ2n) is 6.57. The number of methoxy groups -OCH3 is 1. The Morgan fingerprint density at radius 1 is 0.882 bits per heavy atom. The number of nitrogens with zero attached hydrogens (tertiary/aromatic N) is 6. The van der Waals surface area contributed by atoms with Gasteiger partial charge in [0.05, 0.1) is 7.11 Å². The van der Waals surface area contributed by atoms with Crippen molar-refractivity contribution in [3.05, 3.63) is 97.0 Å². The van der Waals surface area contributed by atoms with Crippen molar-refractivity contribution in [2.75, 3.05) is 7.11 Å². The van der Waals surface area contributed by atoms with Crippen LogP contribution in [-0.2, 0) is 21.1 Å². The Kier molecular flexibility index (Phi) is 8.65. The molecule has 34 heavy (non-hydrogen) atoms. The first kappa shape index (κ1) is 24.8. The molecule has 0 saturated carbocycles. The van der Waals surface area contributed by atoms with Crippen LogP contribution in [0.2, 0.25) is 0 Å². The smallest absolute Gasteiger partial charge is 0.573 e. The first-order chi connectivity index (χ1) is 16.1. The Labute approximate surface area is 208 Å². The van der Waals surface area contributed by atoms with Crippen LogP contribution in [0.4, 0.5) is 8.78 Å². The third-order valence-corrected chi connectivity index (χ3v) is 4.41. The Bertz CT molecular complexity index is 1260. The van der Waals surface area contributed by atoms with Crippen LogP contribution in [0.5, 0.6) is 5.88 Å². The van der Waals surface area contributed by atoms with Crippen molar-refractivity contribution in [1.29, 1.82) is 0 Å². The molecule has 0 atom stereocenters. The number of halogens is 2. The number of ether oxygens (including phenoxy) is 1. The molecule has 5 aromatic rings. The van der Waals surface area contributed by atoms with Gasteiger partial charge in [-0.3, -0.25) is 18.7 Å². The fourth-order valence-electron chi connectivity index (χ4n) is 2.80. The fourth-order valence-corrected chi connectivity index (χ4v) is 2.80. The van der Waals surface area contributed by atoms with Gasteiger partial charge in [0.15, 0.2) is 0 Å². The van der Waals surface area contributed by atoms with Gasteiger partial charge in [0.1, 0.15) is 0 Å². The average molecular weight is 638 g/mol. The Hall–Kier alpha value is -3.84. The molecule has 4 heterocycles. The molecule has 0 radical (unpaired) electrons. The van der Waals surface area contributed by atoms with Gasteiger partial charge in [-0.05, 0) is 36.4 Å². The van der Waals surface area contributed by atoms with Crippen molar-refractivity contribution in [2.24, 2.45) is 0 Å². The summed E-state index contributed by atoms with van der Waals surface area (Å²) >= 11 is 0. The van der Waals surface area contributed by atoms with E-state index >= 15 is 0 Å². The van der Waals surface area contributed by atoms with Crippen LogP contribution >= 0.6 is 0 Å². The maximum atomic E-state index is 13.3. The molecule has 1 aromatic carbocycles. The van der Waals surface area contributed by atoms with Gasteiger partial charge < -0.3 is 14.9 Å². The molecule has 0 aliphatic heterocycles. The molecule has 0 bridgehead atoms. The number of rotatable bonds is 4. The van der Waals surface area contributed by atoms with Crippen LogP contribution in [-0.4, -0.2) is 32.4 Å². The van der Waals surface area contributed by atoms with Gasteiger partial charge in [0.2, 0.25) is 5.88 Å². The summed E-state index contributed by atoms with van der Waals surface area (Å²) in [5.74, 6) is -1.08. The van der Waals surface area contributed by atoms with E-state index in [1.807, 2.05) is 36.4 Å². The van der Waals surface area contributed by atoms with Crippen LogP contribution in [0.15, 0.2) is 79.3 Å². The van der Waals surface area contributed by atoms with Crippen LogP contribution < -0.4 is 9.84 Å². The molecule has 0 fully saturated rings. The molecule has 5 rings (SSSR count). The monoisotopic (exact) mass is 637 g/mol. The zero-order chi connectivity index (χ0) is 23.0. The topological polar surface area (TPSA) is 87.8 Å². The van der Waals surface area contributed by atoms with E-state index in [2.05, 4.69) is 36.4 Å². The number of hydrogen-bond donors (Lipinski definition) is 0. The van der Waals surface area contributed by atoms with Crippen molar-refractivity contribution < 1.29 is 34.6 Å². The predicted octanol–water partition coefficient (Wildman–Crippen LogP) is 4.39. The Morgan fingerprint density at radius 3 is 2.35 bits per heavy atom. The third kappa shape index (κ3) is 6.14. The summed E-state index contributed by atoms with van der Waals surface area (Å²) in [6, 6.07) is 18.8. The van der Waals surface area contributed by atoms with E-state index in [1.54, 1.807) is 24.7 Å². The zero-order valence-corrected chi connectivity index (χ0v) is 19.9. The summed E-state index contributed by atoms with van der Waals surface area (Å²) in [5, 5.41) is 15.7. The number of pyridine rings is 2. The molecule has 0 aliphatic carbocycles. The van der Waals surface area contributed by atoms with Gasteiger partial charge in [0, 0.05) is 52.9 Å². The Morgan fingerprint density at radius 2 is 1.71 bits per heavy atom. The van der Waals surface area contributed by atoms with Gasteiger partial charge >= 0.3 is 21.1 Å². The van der Waals surface area contributed by atoms with Gasteiger partial charge in [-0.2, -0.15) is 5.10 Å². The maximum absolute atomic E-state index is 13.3. The normalized spacial score (nSPS) is 9.97. The molecule has 0 unspecified atom stereocenters. The quantitative estimate of drug-likeness (QED) is 0.270. The van der Waals surface area contributed by atoms with E-state index < -0.39 is 11.6 Å². The van der Waals surface area contributed by atoms with E-state index in [0.717, 1.165) is 34.8 Å². The van der Waals surface area contributed by atoms with Crippen LogP contribution in [0.3, 0.4) is 0 Å². The Balaban J connectivity index is 0.000000186. The van der Waals surface area contributed by atoms with Crippen molar-refractivity contribution >= 4 is 0 Å². The molecular weight excluding hydrogens is 621 g/mol. The molecule has 7 nitrogen and oxygen atoms in total. The fraction of sp³-hybridized carbons (Fsp3) is 0.0417. The third-order valence-electron chi connectivity index (χ3n) is 4.41. The standard InChI is InChI=1S/C13H9N4.C11H7F2N2O.Pt/c1-2-6-15-11(3-1)13-9-12(16-17-13)10-4-7-14-8-5-10;1-16-11-5-4-10(14-15-11)8-3-2-7(12)6-9(8)13;/h1-9H;2,4-6H,1H3;/q2*-1;+2. The van der Waals surface area contributed by atoms with Crippen molar-refractivity contribution in [3.8, 4) is 39.8 Å². The van der Waals surface area contributed by atoms with Gasteiger partial charge in [-0.15, -0.1) is 17.2 Å². The summed E-state index contributed by atoms with van der Waals surface area (Å²) in [6.07, 6.45) is 5.23. The van der Waals surface area contributed by atoms with E-state index in [1.165, 1.54) is 13.2 Å². The SMILES string of the molecule is COc1ccc(-c2[c-]cc(F)cc2F)nn1.[Pt+2].c1ccc(-c2cc(-c3ccncc3)n[n-]2)nc1. The maximum Gasteiger partial charge on any atom is 2.00 e. The molecule has 0 aliphatic rings. The van der Waals surface area contributed by atoms with Crippen molar-refractivity contribution in [3.63, 3.8) is 0 Å². The number of aromatic nitrogens is 6. The van der Waals surface area contributed by atoms with E-state index in [-0.39, 0.29) is 32.3 Å². The second kappa shape index (κ2) is 11.9. The van der Waals surface area contributed by atoms with Crippen LogP contribution in [0.25, 0.3) is 33.9 Å². The molecule has 172 valence electrons. The van der Waals surface area contributed by atoms with Crippen LogP contribution in [0.1, 0.15) is 0 Å². The molecule has 4 aromatic heterocycles. The summed E-state index contributed by atoms with van der Waals surface area (Å²) in [5.41, 5.74) is 3.83.